The minimum atomic E-state index is -0.0128. The summed E-state index contributed by atoms with van der Waals surface area (Å²) in [4.78, 5) is 14.3. The van der Waals surface area contributed by atoms with Crippen LogP contribution < -0.4 is 0 Å². The first kappa shape index (κ1) is 14.3. The summed E-state index contributed by atoms with van der Waals surface area (Å²) >= 11 is 0. The predicted octanol–water partition coefficient (Wildman–Crippen LogP) is 2.87. The van der Waals surface area contributed by atoms with Crippen molar-refractivity contribution >= 4 is 5.91 Å². The summed E-state index contributed by atoms with van der Waals surface area (Å²) in [6.07, 6.45) is 0. The van der Waals surface area contributed by atoms with E-state index in [1.54, 1.807) is 16.6 Å². The number of aryl methyl sites for hydroxylation is 3. The van der Waals surface area contributed by atoms with E-state index in [0.29, 0.717) is 5.69 Å². The summed E-state index contributed by atoms with van der Waals surface area (Å²) in [5.74, 6) is -0.0128. The molecule has 0 spiro atoms. The molecule has 20 heavy (non-hydrogen) atoms. The topological polar surface area (TPSA) is 38.1 Å². The number of carbonyl (C=O) groups excluding carboxylic acids is 1. The van der Waals surface area contributed by atoms with Gasteiger partial charge in [-0.05, 0) is 32.4 Å². The molecule has 0 bridgehead atoms. The summed E-state index contributed by atoms with van der Waals surface area (Å²) in [5.41, 5.74) is 3.82. The molecule has 106 valence electrons. The van der Waals surface area contributed by atoms with Gasteiger partial charge < -0.3 is 4.90 Å². The summed E-state index contributed by atoms with van der Waals surface area (Å²) < 4.78 is 1.63. The molecule has 2 aromatic rings. The van der Waals surface area contributed by atoms with Gasteiger partial charge in [0.1, 0.15) is 5.69 Å². The molecule has 0 aliphatic heterocycles. The second-order valence-corrected chi connectivity index (χ2v) is 5.30. The van der Waals surface area contributed by atoms with Crippen molar-refractivity contribution in [3.05, 3.63) is 52.8 Å². The quantitative estimate of drug-likeness (QED) is 0.861. The molecule has 2 rings (SSSR count). The molecule has 0 saturated heterocycles. The van der Waals surface area contributed by atoms with Crippen LogP contribution >= 0.6 is 0 Å². The van der Waals surface area contributed by atoms with E-state index in [-0.39, 0.29) is 11.9 Å². The van der Waals surface area contributed by atoms with Crippen molar-refractivity contribution < 1.29 is 4.79 Å². The number of hydrogen-bond acceptors (Lipinski definition) is 2. The Hall–Kier alpha value is -2.10. The fourth-order valence-electron chi connectivity index (χ4n) is 2.24. The van der Waals surface area contributed by atoms with Gasteiger partial charge in [0.25, 0.3) is 5.91 Å². The van der Waals surface area contributed by atoms with Crippen LogP contribution in [-0.2, 0) is 7.05 Å². The lowest BCUT2D eigenvalue weighted by atomic mass is 10.1. The van der Waals surface area contributed by atoms with Gasteiger partial charge in [-0.2, -0.15) is 5.10 Å². The molecule has 0 fully saturated rings. The number of carbonyl (C=O) groups is 1. The van der Waals surface area contributed by atoms with Gasteiger partial charge in [-0.25, -0.2) is 0 Å². The highest BCUT2D eigenvalue weighted by molar-refractivity contribution is 5.92. The molecular weight excluding hydrogens is 250 g/mol. The Morgan fingerprint density at radius 2 is 1.85 bits per heavy atom. The molecule has 4 heteroatoms. The van der Waals surface area contributed by atoms with Gasteiger partial charge >= 0.3 is 0 Å². The van der Waals surface area contributed by atoms with Gasteiger partial charge in [0, 0.05) is 14.1 Å². The lowest BCUT2D eigenvalue weighted by molar-refractivity contribution is 0.0731. The standard InChI is InChI=1S/C16H21N3O/c1-11-6-8-14(9-7-11)13(3)18(4)16(20)15-10-12(2)17-19(15)5/h6-10,13H,1-5H3/t13-/m1/s1. The normalized spacial score (nSPS) is 12.2. The van der Waals surface area contributed by atoms with Gasteiger partial charge in [-0.15, -0.1) is 0 Å². The summed E-state index contributed by atoms with van der Waals surface area (Å²) in [6, 6.07) is 10.1. The zero-order valence-electron chi connectivity index (χ0n) is 12.7. The van der Waals surface area contributed by atoms with Crippen LogP contribution in [0.4, 0.5) is 0 Å². The minimum absolute atomic E-state index is 0.0128. The van der Waals surface area contributed by atoms with Crippen molar-refractivity contribution in [2.75, 3.05) is 7.05 Å². The Bertz CT molecular complexity index is 613. The zero-order valence-corrected chi connectivity index (χ0v) is 12.7. The number of benzene rings is 1. The molecule has 0 saturated carbocycles. The van der Waals surface area contributed by atoms with E-state index < -0.39 is 0 Å². The van der Waals surface area contributed by atoms with Gasteiger partial charge in [0.2, 0.25) is 0 Å². The molecule has 1 aromatic heterocycles. The lowest BCUT2D eigenvalue weighted by Gasteiger charge is -2.25. The lowest BCUT2D eigenvalue weighted by Crippen LogP contribution is -2.31. The third-order valence-corrected chi connectivity index (χ3v) is 3.68. The number of hydrogen-bond donors (Lipinski definition) is 0. The Morgan fingerprint density at radius 1 is 1.25 bits per heavy atom. The van der Waals surface area contributed by atoms with E-state index >= 15 is 0 Å². The summed E-state index contributed by atoms with van der Waals surface area (Å²) in [7, 11) is 3.62. The number of rotatable bonds is 3. The smallest absolute Gasteiger partial charge is 0.272 e. The Kier molecular flexibility index (Phi) is 3.93. The van der Waals surface area contributed by atoms with E-state index in [1.165, 1.54) is 5.56 Å². The van der Waals surface area contributed by atoms with Crippen LogP contribution in [0.2, 0.25) is 0 Å². The van der Waals surface area contributed by atoms with Gasteiger partial charge in [0.05, 0.1) is 11.7 Å². The van der Waals surface area contributed by atoms with Gasteiger partial charge in [-0.3, -0.25) is 9.48 Å². The maximum Gasteiger partial charge on any atom is 0.272 e. The molecule has 1 atom stereocenters. The largest absolute Gasteiger partial charge is 0.334 e. The van der Waals surface area contributed by atoms with E-state index in [1.807, 2.05) is 27.0 Å². The summed E-state index contributed by atoms with van der Waals surface area (Å²) in [5, 5.41) is 4.23. The Balaban J connectivity index is 2.22. The van der Waals surface area contributed by atoms with Crippen molar-refractivity contribution in [2.45, 2.75) is 26.8 Å². The first-order valence-corrected chi connectivity index (χ1v) is 6.74. The van der Waals surface area contributed by atoms with Crippen molar-refractivity contribution in [1.82, 2.24) is 14.7 Å². The average molecular weight is 271 g/mol. The van der Waals surface area contributed by atoms with Crippen LogP contribution in [0.15, 0.2) is 30.3 Å². The highest BCUT2D eigenvalue weighted by Crippen LogP contribution is 2.21. The van der Waals surface area contributed by atoms with Gasteiger partial charge in [-0.1, -0.05) is 29.8 Å². The number of nitrogens with zero attached hydrogens (tertiary/aromatic N) is 3. The highest BCUT2D eigenvalue weighted by Gasteiger charge is 2.21. The second-order valence-electron chi connectivity index (χ2n) is 5.30. The van der Waals surface area contributed by atoms with Crippen LogP contribution in [0.1, 0.15) is 40.3 Å². The minimum Gasteiger partial charge on any atom is -0.334 e. The van der Waals surface area contributed by atoms with Crippen molar-refractivity contribution in [2.24, 2.45) is 7.05 Å². The van der Waals surface area contributed by atoms with Gasteiger partial charge in [0.15, 0.2) is 0 Å². The van der Waals surface area contributed by atoms with E-state index in [4.69, 9.17) is 0 Å². The zero-order chi connectivity index (χ0) is 14.9. The van der Waals surface area contributed by atoms with Crippen molar-refractivity contribution in [3.8, 4) is 0 Å². The van der Waals surface area contributed by atoms with Crippen LogP contribution in [0, 0.1) is 13.8 Å². The SMILES string of the molecule is Cc1ccc([C@@H](C)N(C)C(=O)c2cc(C)nn2C)cc1. The maximum atomic E-state index is 12.5. The molecule has 0 aliphatic carbocycles. The number of aromatic nitrogens is 2. The first-order valence-electron chi connectivity index (χ1n) is 6.74. The number of amides is 1. The molecule has 0 N–H and O–H groups in total. The second kappa shape index (κ2) is 5.49. The molecule has 0 aliphatic rings. The fraction of sp³-hybridized carbons (Fsp3) is 0.375. The monoisotopic (exact) mass is 271 g/mol. The molecule has 1 aromatic carbocycles. The maximum absolute atomic E-state index is 12.5. The fourth-order valence-corrected chi connectivity index (χ4v) is 2.24. The summed E-state index contributed by atoms with van der Waals surface area (Å²) in [6.45, 7) is 5.98. The molecule has 1 heterocycles. The van der Waals surface area contributed by atoms with E-state index in [2.05, 4.69) is 36.3 Å². The van der Waals surface area contributed by atoms with Crippen LogP contribution in [-0.4, -0.2) is 27.6 Å². The van der Waals surface area contributed by atoms with Crippen molar-refractivity contribution in [1.29, 1.82) is 0 Å². The Morgan fingerprint density at radius 3 is 2.35 bits per heavy atom. The van der Waals surface area contributed by atoms with Crippen LogP contribution in [0.3, 0.4) is 0 Å². The Labute approximate surface area is 120 Å². The third kappa shape index (κ3) is 2.74. The predicted molar refractivity (Wildman–Crippen MR) is 79.6 cm³/mol. The molecule has 0 unspecified atom stereocenters. The third-order valence-electron chi connectivity index (χ3n) is 3.68. The van der Waals surface area contributed by atoms with E-state index in [0.717, 1.165) is 11.3 Å². The van der Waals surface area contributed by atoms with Crippen LogP contribution in [0.25, 0.3) is 0 Å². The molecule has 1 amide bonds. The van der Waals surface area contributed by atoms with Crippen LogP contribution in [0.5, 0.6) is 0 Å². The molecular formula is C16H21N3O. The van der Waals surface area contributed by atoms with Crippen molar-refractivity contribution in [3.63, 3.8) is 0 Å². The first-order chi connectivity index (χ1) is 9.40. The molecule has 4 nitrogen and oxygen atoms in total. The van der Waals surface area contributed by atoms with E-state index in [9.17, 15) is 4.79 Å². The molecule has 0 radical (unpaired) electrons. The average Bonchev–Trinajstić information content (AvgIpc) is 2.76. The highest BCUT2D eigenvalue weighted by atomic mass is 16.2.